The summed E-state index contributed by atoms with van der Waals surface area (Å²) >= 11 is 0. The van der Waals surface area contributed by atoms with Crippen LogP contribution in [0.3, 0.4) is 0 Å². The fourth-order valence-electron chi connectivity index (χ4n) is 2.60. The first kappa shape index (κ1) is 13.1. The van der Waals surface area contributed by atoms with Gasteiger partial charge in [-0.3, -0.25) is 14.1 Å². The summed E-state index contributed by atoms with van der Waals surface area (Å²) in [5, 5.41) is 5.05. The van der Waals surface area contributed by atoms with Crippen molar-refractivity contribution < 1.29 is 13.2 Å². The number of nitrogens with two attached hydrogens (primary N) is 1. The van der Waals surface area contributed by atoms with Gasteiger partial charge in [-0.1, -0.05) is 6.07 Å². The molecule has 0 radical (unpaired) electrons. The zero-order chi connectivity index (χ0) is 14.3. The molecule has 0 bridgehead atoms. The van der Waals surface area contributed by atoms with E-state index in [9.17, 15) is 13.2 Å². The summed E-state index contributed by atoms with van der Waals surface area (Å²) in [5.41, 5.74) is 0.741. The standard InChI is InChI=1S/C12H14N4O3S/c13-20(18,19)8-9-6-12(17)16(7-9)11-3-1-2-10-14-4-5-15(10)11/h1-5,9H,6-8H2,(H2,13,18,19). The minimum absolute atomic E-state index is 0.0974. The zero-order valence-electron chi connectivity index (χ0n) is 10.6. The van der Waals surface area contributed by atoms with Gasteiger partial charge in [-0.05, 0) is 12.1 Å². The summed E-state index contributed by atoms with van der Waals surface area (Å²) in [6, 6.07) is 5.47. The van der Waals surface area contributed by atoms with Crippen LogP contribution in [-0.2, 0) is 14.8 Å². The van der Waals surface area contributed by atoms with Crippen molar-refractivity contribution in [3.05, 3.63) is 30.6 Å². The quantitative estimate of drug-likeness (QED) is 0.860. The maximum Gasteiger partial charge on any atom is 0.228 e. The highest BCUT2D eigenvalue weighted by Gasteiger charge is 2.33. The number of carbonyl (C=O) groups excluding carboxylic acids is 1. The third-order valence-corrected chi connectivity index (χ3v) is 4.29. The van der Waals surface area contributed by atoms with E-state index in [1.807, 2.05) is 18.2 Å². The van der Waals surface area contributed by atoms with Crippen LogP contribution < -0.4 is 10.0 Å². The highest BCUT2D eigenvalue weighted by molar-refractivity contribution is 7.89. The Morgan fingerprint density at radius 3 is 2.95 bits per heavy atom. The Labute approximate surface area is 116 Å². The maximum atomic E-state index is 12.1. The van der Waals surface area contributed by atoms with Crippen molar-refractivity contribution in [3.63, 3.8) is 0 Å². The first-order valence-electron chi connectivity index (χ1n) is 6.17. The Morgan fingerprint density at radius 1 is 1.40 bits per heavy atom. The lowest BCUT2D eigenvalue weighted by molar-refractivity contribution is -0.117. The van der Waals surface area contributed by atoms with Crippen molar-refractivity contribution in [1.82, 2.24) is 9.38 Å². The highest BCUT2D eigenvalue weighted by Crippen LogP contribution is 2.26. The Hall–Kier alpha value is -1.93. The lowest BCUT2D eigenvalue weighted by Crippen LogP contribution is -2.28. The van der Waals surface area contributed by atoms with Gasteiger partial charge in [0.25, 0.3) is 0 Å². The fourth-order valence-corrected chi connectivity index (χ4v) is 3.48. The molecule has 1 aliphatic rings. The van der Waals surface area contributed by atoms with Gasteiger partial charge in [0, 0.05) is 31.3 Å². The number of anilines is 1. The van der Waals surface area contributed by atoms with Crippen LogP contribution in [0.5, 0.6) is 0 Å². The van der Waals surface area contributed by atoms with E-state index in [-0.39, 0.29) is 24.0 Å². The summed E-state index contributed by atoms with van der Waals surface area (Å²) in [6.45, 7) is 0.354. The Morgan fingerprint density at radius 2 is 2.20 bits per heavy atom. The van der Waals surface area contributed by atoms with Gasteiger partial charge in [-0.15, -0.1) is 0 Å². The third-order valence-electron chi connectivity index (χ3n) is 3.36. The number of pyridine rings is 1. The molecule has 0 saturated carbocycles. The number of aromatic nitrogens is 2. The number of sulfonamides is 1. The number of carbonyl (C=O) groups is 1. The van der Waals surface area contributed by atoms with E-state index in [1.165, 1.54) is 0 Å². The minimum atomic E-state index is -3.57. The van der Waals surface area contributed by atoms with Gasteiger partial charge in [-0.2, -0.15) is 0 Å². The molecule has 0 aliphatic carbocycles. The van der Waals surface area contributed by atoms with Crippen LogP contribution in [0.2, 0.25) is 0 Å². The highest BCUT2D eigenvalue weighted by atomic mass is 32.2. The predicted molar refractivity (Wildman–Crippen MR) is 73.6 cm³/mol. The topological polar surface area (TPSA) is 97.8 Å². The van der Waals surface area contributed by atoms with Gasteiger partial charge in [-0.25, -0.2) is 18.5 Å². The molecule has 3 heterocycles. The molecule has 0 spiro atoms. The first-order chi connectivity index (χ1) is 9.44. The molecule has 1 aliphatic heterocycles. The number of hydrogen-bond donors (Lipinski definition) is 1. The molecule has 1 unspecified atom stereocenters. The largest absolute Gasteiger partial charge is 0.298 e. The molecule has 2 aromatic rings. The van der Waals surface area contributed by atoms with Gasteiger partial charge in [0.05, 0.1) is 5.75 Å². The molecule has 1 fully saturated rings. The maximum absolute atomic E-state index is 12.1. The van der Waals surface area contributed by atoms with Crippen LogP contribution >= 0.6 is 0 Å². The Balaban J connectivity index is 1.91. The molecule has 106 valence electrons. The lowest BCUT2D eigenvalue weighted by atomic mass is 10.1. The van der Waals surface area contributed by atoms with Crippen molar-refractivity contribution in [3.8, 4) is 0 Å². The van der Waals surface area contributed by atoms with Crippen LogP contribution in [0.1, 0.15) is 6.42 Å². The average Bonchev–Trinajstić information content (AvgIpc) is 2.93. The van der Waals surface area contributed by atoms with Gasteiger partial charge in [0.2, 0.25) is 15.9 Å². The van der Waals surface area contributed by atoms with E-state index >= 15 is 0 Å². The molecule has 2 N–H and O–H groups in total. The summed E-state index contributed by atoms with van der Waals surface area (Å²) in [5.74, 6) is 0.160. The number of hydrogen-bond acceptors (Lipinski definition) is 4. The normalized spacial score (nSPS) is 19.9. The zero-order valence-corrected chi connectivity index (χ0v) is 11.5. The van der Waals surface area contributed by atoms with E-state index in [2.05, 4.69) is 4.98 Å². The monoisotopic (exact) mass is 294 g/mol. The van der Waals surface area contributed by atoms with Crippen molar-refractivity contribution in [2.24, 2.45) is 11.1 Å². The van der Waals surface area contributed by atoms with Crippen LogP contribution in [0.25, 0.3) is 5.65 Å². The Kier molecular flexibility index (Phi) is 2.98. The van der Waals surface area contributed by atoms with Crippen molar-refractivity contribution in [2.45, 2.75) is 6.42 Å². The predicted octanol–water partition coefficient (Wildman–Crippen LogP) is -0.0243. The van der Waals surface area contributed by atoms with E-state index in [0.29, 0.717) is 12.4 Å². The molecular weight excluding hydrogens is 280 g/mol. The van der Waals surface area contributed by atoms with Gasteiger partial charge in [0.15, 0.2) is 0 Å². The molecule has 1 saturated heterocycles. The lowest BCUT2D eigenvalue weighted by Gasteiger charge is -2.18. The number of rotatable bonds is 3. The van der Waals surface area contributed by atoms with E-state index in [0.717, 1.165) is 5.65 Å². The van der Waals surface area contributed by atoms with Crippen LogP contribution in [-0.4, -0.2) is 36.0 Å². The molecular formula is C12H14N4O3S. The van der Waals surface area contributed by atoms with E-state index < -0.39 is 10.0 Å². The molecule has 1 atom stereocenters. The molecule has 3 rings (SSSR count). The number of primary sulfonamides is 1. The Bertz CT molecular complexity index is 768. The van der Waals surface area contributed by atoms with Crippen molar-refractivity contribution in [2.75, 3.05) is 17.2 Å². The van der Waals surface area contributed by atoms with Crippen molar-refractivity contribution in [1.29, 1.82) is 0 Å². The summed E-state index contributed by atoms with van der Waals surface area (Å²) in [7, 11) is -3.57. The second-order valence-corrected chi connectivity index (χ2v) is 6.60. The molecule has 1 amide bonds. The number of imidazole rings is 1. The van der Waals surface area contributed by atoms with Crippen LogP contribution in [0.15, 0.2) is 30.6 Å². The second-order valence-electron chi connectivity index (χ2n) is 4.94. The summed E-state index contributed by atoms with van der Waals surface area (Å²) in [6.07, 6.45) is 3.62. The molecule has 20 heavy (non-hydrogen) atoms. The summed E-state index contributed by atoms with van der Waals surface area (Å²) in [4.78, 5) is 17.8. The summed E-state index contributed by atoms with van der Waals surface area (Å²) < 4.78 is 24.1. The molecule has 2 aromatic heterocycles. The number of nitrogens with zero attached hydrogens (tertiary/aromatic N) is 3. The SMILES string of the molecule is NS(=O)(=O)CC1CC(=O)N(c2cccc3nccn23)C1. The van der Waals surface area contributed by atoms with Crippen LogP contribution in [0, 0.1) is 5.92 Å². The average molecular weight is 294 g/mol. The first-order valence-corrected chi connectivity index (χ1v) is 7.88. The van der Waals surface area contributed by atoms with Crippen LogP contribution in [0.4, 0.5) is 5.82 Å². The van der Waals surface area contributed by atoms with E-state index in [4.69, 9.17) is 5.14 Å². The van der Waals surface area contributed by atoms with Crippen molar-refractivity contribution >= 4 is 27.4 Å². The fraction of sp³-hybridized carbons (Fsp3) is 0.333. The van der Waals surface area contributed by atoms with Gasteiger partial charge >= 0.3 is 0 Å². The molecule has 0 aromatic carbocycles. The molecule has 8 heteroatoms. The number of fused-ring (bicyclic) bond motifs is 1. The number of amides is 1. The minimum Gasteiger partial charge on any atom is -0.298 e. The second kappa shape index (κ2) is 4.57. The third kappa shape index (κ3) is 2.39. The smallest absolute Gasteiger partial charge is 0.228 e. The molecule has 7 nitrogen and oxygen atoms in total. The van der Waals surface area contributed by atoms with E-state index in [1.54, 1.807) is 21.7 Å². The van der Waals surface area contributed by atoms with Gasteiger partial charge < -0.3 is 0 Å². The van der Waals surface area contributed by atoms with Gasteiger partial charge in [0.1, 0.15) is 11.5 Å².